The van der Waals surface area contributed by atoms with Crippen LogP contribution < -0.4 is 9.80 Å². The molecule has 10 aromatic carbocycles. The minimum atomic E-state index is -0.0992. The molecule has 0 aromatic heterocycles. The van der Waals surface area contributed by atoms with Crippen molar-refractivity contribution in [1.82, 2.24) is 0 Å². The summed E-state index contributed by atoms with van der Waals surface area (Å²) < 4.78 is 0. The van der Waals surface area contributed by atoms with E-state index >= 15 is 0 Å². The minimum Gasteiger partial charge on any atom is -0.310 e. The van der Waals surface area contributed by atoms with E-state index in [2.05, 4.69) is 285 Å². The second-order valence-electron chi connectivity index (χ2n) is 22.2. The molecule has 0 atom stereocenters. The van der Waals surface area contributed by atoms with Crippen LogP contribution in [0.15, 0.2) is 206 Å². The molecule has 10 aromatic rings. The molecule has 0 unspecified atom stereocenters. The molecule has 74 heavy (non-hydrogen) atoms. The van der Waals surface area contributed by atoms with Crippen molar-refractivity contribution in [2.75, 3.05) is 9.80 Å². The van der Waals surface area contributed by atoms with Crippen LogP contribution in [0.1, 0.15) is 83.3 Å². The van der Waals surface area contributed by atoms with Crippen LogP contribution >= 0.6 is 0 Å². The zero-order valence-electron chi connectivity index (χ0n) is 44.5. The number of nitrogens with zero attached hydrogens (tertiary/aromatic N) is 2. The quantitative estimate of drug-likeness (QED) is 0.142. The predicted molar refractivity (Wildman–Crippen MR) is 316 cm³/mol. The molecule has 0 fully saturated rings. The normalized spacial score (nSPS) is 13.5. The first-order chi connectivity index (χ1) is 35.6. The maximum atomic E-state index is 2.48. The van der Waals surface area contributed by atoms with Gasteiger partial charge in [0.2, 0.25) is 0 Å². The number of rotatable bonds is 9. The Morgan fingerprint density at radius 1 is 0.257 bits per heavy atom. The molecular formula is C72H64N2. The van der Waals surface area contributed by atoms with E-state index in [9.17, 15) is 0 Å². The Morgan fingerprint density at radius 3 is 0.932 bits per heavy atom. The zero-order valence-corrected chi connectivity index (χ0v) is 44.5. The highest BCUT2D eigenvalue weighted by Crippen LogP contribution is 2.53. The summed E-state index contributed by atoms with van der Waals surface area (Å²) in [4.78, 5) is 4.96. The number of hydrogen-bond acceptors (Lipinski definition) is 2. The molecule has 2 heteroatoms. The van der Waals surface area contributed by atoms with Gasteiger partial charge in [-0.15, -0.1) is 0 Å². The van der Waals surface area contributed by atoms with Crippen LogP contribution in [0.5, 0.6) is 0 Å². The topological polar surface area (TPSA) is 6.48 Å². The van der Waals surface area contributed by atoms with Crippen molar-refractivity contribution in [2.45, 2.75) is 80.1 Å². The number of benzene rings is 10. The van der Waals surface area contributed by atoms with Crippen LogP contribution in [0.25, 0.3) is 55.6 Å². The van der Waals surface area contributed by atoms with Crippen molar-refractivity contribution in [3.05, 3.63) is 262 Å². The zero-order chi connectivity index (χ0) is 51.2. The third-order valence-electron chi connectivity index (χ3n) is 16.3. The van der Waals surface area contributed by atoms with E-state index < -0.39 is 0 Å². The molecule has 0 amide bonds. The van der Waals surface area contributed by atoms with Gasteiger partial charge in [-0.05, 0) is 190 Å². The first-order valence-corrected chi connectivity index (χ1v) is 26.3. The minimum absolute atomic E-state index is 0.0992. The maximum Gasteiger partial charge on any atom is 0.0520 e. The smallest absolute Gasteiger partial charge is 0.0520 e. The third kappa shape index (κ3) is 7.78. The first-order valence-electron chi connectivity index (χ1n) is 26.3. The number of hydrogen-bond donors (Lipinski definition) is 0. The van der Waals surface area contributed by atoms with Gasteiger partial charge in [0.25, 0.3) is 0 Å². The van der Waals surface area contributed by atoms with Crippen LogP contribution in [0.3, 0.4) is 0 Å². The van der Waals surface area contributed by atoms with Crippen LogP contribution in [-0.4, -0.2) is 0 Å². The van der Waals surface area contributed by atoms with E-state index in [1.165, 1.54) is 134 Å². The highest BCUT2D eigenvalue weighted by atomic mass is 15.2. The summed E-state index contributed by atoms with van der Waals surface area (Å²) >= 11 is 0. The van der Waals surface area contributed by atoms with E-state index in [0.717, 1.165) is 11.4 Å². The molecule has 0 bridgehead atoms. The molecule has 0 spiro atoms. The standard InChI is InChI=1S/C72H64N2/c1-45-37-47(3)69(48(4)38-45)73(59-33-35-63-61-21-11-13-23-65(61)71(7,8)67(63)43-59)57-19-15-17-55(41-57)53-29-25-51(26-30-53)52-27-31-54(32-28-52)56-18-16-20-58(42-56)74(70-49(5)39-46(2)40-50(70)6)60-34-36-64-62-22-12-14-24-66(62)72(9,10)68(64)44-60/h11-44H,1-10H3. The van der Waals surface area contributed by atoms with E-state index in [4.69, 9.17) is 0 Å². The van der Waals surface area contributed by atoms with Crippen molar-refractivity contribution in [3.8, 4) is 55.6 Å². The Labute approximate surface area is 439 Å². The predicted octanol–water partition coefficient (Wildman–Crippen LogP) is 20.1. The van der Waals surface area contributed by atoms with Gasteiger partial charge < -0.3 is 9.80 Å². The Morgan fingerprint density at radius 2 is 0.568 bits per heavy atom. The highest BCUT2D eigenvalue weighted by molar-refractivity contribution is 5.90. The number of anilines is 6. The molecule has 2 aliphatic carbocycles. The highest BCUT2D eigenvalue weighted by Gasteiger charge is 2.37. The van der Waals surface area contributed by atoms with E-state index in [-0.39, 0.29) is 10.8 Å². The van der Waals surface area contributed by atoms with Gasteiger partial charge in [-0.1, -0.05) is 197 Å². The maximum absolute atomic E-state index is 2.48. The Bertz CT molecular complexity index is 3550. The second-order valence-corrected chi connectivity index (χ2v) is 22.2. The molecule has 0 heterocycles. The second kappa shape index (κ2) is 17.8. The van der Waals surface area contributed by atoms with Gasteiger partial charge in [-0.25, -0.2) is 0 Å². The molecule has 0 radical (unpaired) electrons. The molecule has 12 rings (SSSR count). The summed E-state index contributed by atoms with van der Waals surface area (Å²) in [5.74, 6) is 0. The van der Waals surface area contributed by atoms with E-state index in [1.54, 1.807) is 0 Å². The molecule has 362 valence electrons. The Balaban J connectivity index is 0.850. The van der Waals surface area contributed by atoms with Gasteiger partial charge in [0, 0.05) is 33.6 Å². The Kier molecular flexibility index (Phi) is 11.3. The fourth-order valence-corrected chi connectivity index (χ4v) is 12.9. The summed E-state index contributed by atoms with van der Waals surface area (Å²) in [6.45, 7) is 22.8. The van der Waals surface area contributed by atoms with Crippen molar-refractivity contribution in [3.63, 3.8) is 0 Å². The number of aryl methyl sites for hydroxylation is 6. The molecule has 2 nitrogen and oxygen atoms in total. The third-order valence-corrected chi connectivity index (χ3v) is 16.3. The van der Waals surface area contributed by atoms with Crippen molar-refractivity contribution in [1.29, 1.82) is 0 Å². The fourth-order valence-electron chi connectivity index (χ4n) is 12.9. The lowest BCUT2D eigenvalue weighted by atomic mass is 9.82. The Hall–Kier alpha value is -8.20. The van der Waals surface area contributed by atoms with E-state index in [1.807, 2.05) is 0 Å². The van der Waals surface area contributed by atoms with Crippen LogP contribution in [0.4, 0.5) is 34.1 Å². The summed E-state index contributed by atoms with van der Waals surface area (Å²) in [7, 11) is 0. The van der Waals surface area contributed by atoms with Gasteiger partial charge in [0.15, 0.2) is 0 Å². The van der Waals surface area contributed by atoms with Gasteiger partial charge in [-0.3, -0.25) is 0 Å². The lowest BCUT2D eigenvalue weighted by Crippen LogP contribution is -2.17. The SMILES string of the molecule is Cc1cc(C)c(N(c2cccc(-c3ccc(-c4ccc(-c5cccc(N(c6ccc7c(c6)C(C)(C)c6ccccc6-7)c6c(C)cc(C)cc6C)c5)cc4)cc3)c2)c2ccc3c(c2)C(C)(C)c2ccccc2-3)c(C)c1. The van der Waals surface area contributed by atoms with Gasteiger partial charge in [0.05, 0.1) is 11.4 Å². The molecule has 0 aliphatic heterocycles. The van der Waals surface area contributed by atoms with Crippen molar-refractivity contribution >= 4 is 34.1 Å². The molecular weight excluding hydrogens is 893 g/mol. The summed E-state index contributed by atoms with van der Waals surface area (Å²) in [5, 5.41) is 0. The van der Waals surface area contributed by atoms with Crippen LogP contribution in [-0.2, 0) is 10.8 Å². The van der Waals surface area contributed by atoms with Crippen LogP contribution in [0, 0.1) is 41.5 Å². The summed E-state index contributed by atoms with van der Waals surface area (Å²) in [6.07, 6.45) is 0. The van der Waals surface area contributed by atoms with Gasteiger partial charge in [0.1, 0.15) is 0 Å². The summed E-state index contributed by atoms with van der Waals surface area (Å²) in [6, 6.07) is 77.5. The van der Waals surface area contributed by atoms with Crippen LogP contribution in [0.2, 0.25) is 0 Å². The first kappa shape index (κ1) is 46.8. The average molecular weight is 957 g/mol. The molecule has 0 saturated carbocycles. The van der Waals surface area contributed by atoms with Gasteiger partial charge in [-0.2, -0.15) is 0 Å². The molecule has 0 N–H and O–H groups in total. The van der Waals surface area contributed by atoms with Gasteiger partial charge >= 0.3 is 0 Å². The largest absolute Gasteiger partial charge is 0.310 e. The molecule has 0 saturated heterocycles. The number of fused-ring (bicyclic) bond motifs is 6. The van der Waals surface area contributed by atoms with E-state index in [0.29, 0.717) is 0 Å². The lowest BCUT2D eigenvalue weighted by molar-refractivity contribution is 0.660. The average Bonchev–Trinajstić information content (AvgIpc) is 3.77. The molecule has 2 aliphatic rings. The summed E-state index contributed by atoms with van der Waals surface area (Å²) in [5.41, 5.74) is 32.5. The van der Waals surface area contributed by atoms with Crippen molar-refractivity contribution < 1.29 is 0 Å². The van der Waals surface area contributed by atoms with Crippen molar-refractivity contribution in [2.24, 2.45) is 0 Å². The lowest BCUT2D eigenvalue weighted by Gasteiger charge is -2.31. The monoisotopic (exact) mass is 957 g/mol. The fraction of sp³-hybridized carbons (Fsp3) is 0.167.